The van der Waals surface area contributed by atoms with Gasteiger partial charge in [-0.1, -0.05) is 48.5 Å². The highest BCUT2D eigenvalue weighted by Gasteiger charge is 2.25. The van der Waals surface area contributed by atoms with Crippen LogP contribution in [0.15, 0.2) is 72.8 Å². The number of hydrogen-bond donors (Lipinski definition) is 2. The molecule has 2 N–H and O–H groups in total. The zero-order valence-electron chi connectivity index (χ0n) is 16.6. The van der Waals surface area contributed by atoms with Crippen molar-refractivity contribution < 1.29 is 23.5 Å². The molecule has 1 aliphatic rings. The molecule has 1 aliphatic heterocycles. The fourth-order valence-electron chi connectivity index (χ4n) is 3.33. The fraction of sp³-hybridized carbons (Fsp3) is 0.167. The quantitative estimate of drug-likeness (QED) is 0.639. The SMILES string of the molecule is O=C(NC(Cc1ccccc1)C(=O)Nc1cccc2c1OCCO2)c1ccccc1F. The second-order valence-electron chi connectivity index (χ2n) is 7.01. The fourth-order valence-corrected chi connectivity index (χ4v) is 3.33. The highest BCUT2D eigenvalue weighted by Crippen LogP contribution is 2.37. The molecule has 0 spiro atoms. The summed E-state index contributed by atoms with van der Waals surface area (Å²) in [5.74, 6) is -0.776. The van der Waals surface area contributed by atoms with Crippen LogP contribution in [0.1, 0.15) is 15.9 Å². The van der Waals surface area contributed by atoms with Gasteiger partial charge in [-0.25, -0.2) is 4.39 Å². The molecule has 7 heteroatoms. The van der Waals surface area contributed by atoms with E-state index < -0.39 is 23.7 Å². The maximum Gasteiger partial charge on any atom is 0.254 e. The number of amides is 2. The third-order valence-corrected chi connectivity index (χ3v) is 4.85. The van der Waals surface area contributed by atoms with Crippen molar-refractivity contribution in [3.63, 3.8) is 0 Å². The molecule has 3 aromatic rings. The van der Waals surface area contributed by atoms with Gasteiger partial charge in [0.05, 0.1) is 11.3 Å². The van der Waals surface area contributed by atoms with Crippen LogP contribution in [0.4, 0.5) is 10.1 Å². The number of ether oxygens (including phenoxy) is 2. The summed E-state index contributed by atoms with van der Waals surface area (Å²) >= 11 is 0. The minimum atomic E-state index is -0.935. The van der Waals surface area contributed by atoms with Crippen LogP contribution in [-0.2, 0) is 11.2 Å². The molecule has 0 aromatic heterocycles. The van der Waals surface area contributed by atoms with Crippen LogP contribution in [0, 0.1) is 5.82 Å². The molecule has 0 saturated heterocycles. The van der Waals surface area contributed by atoms with Gasteiger partial charge in [0.25, 0.3) is 5.91 Å². The van der Waals surface area contributed by atoms with Gasteiger partial charge in [-0.15, -0.1) is 0 Å². The van der Waals surface area contributed by atoms with E-state index in [4.69, 9.17) is 9.47 Å². The van der Waals surface area contributed by atoms with E-state index in [1.807, 2.05) is 30.3 Å². The number of carbonyl (C=O) groups is 2. The van der Waals surface area contributed by atoms with Crippen LogP contribution >= 0.6 is 0 Å². The molecular formula is C24H21FN2O4. The maximum absolute atomic E-state index is 14.1. The zero-order valence-corrected chi connectivity index (χ0v) is 16.6. The summed E-state index contributed by atoms with van der Waals surface area (Å²) in [5, 5.41) is 5.47. The Kier molecular flexibility index (Phi) is 6.12. The normalized spacial score (nSPS) is 13.2. The van der Waals surface area contributed by atoms with Gasteiger partial charge in [0.2, 0.25) is 5.91 Å². The van der Waals surface area contributed by atoms with Gasteiger partial charge in [0.1, 0.15) is 25.1 Å². The highest BCUT2D eigenvalue weighted by atomic mass is 19.1. The van der Waals surface area contributed by atoms with Gasteiger partial charge < -0.3 is 20.1 Å². The van der Waals surface area contributed by atoms with Crippen molar-refractivity contribution in [3.05, 3.63) is 89.7 Å². The molecule has 1 heterocycles. The molecular weight excluding hydrogens is 399 g/mol. The summed E-state index contributed by atoms with van der Waals surface area (Å²) in [7, 11) is 0. The maximum atomic E-state index is 14.1. The molecule has 0 aliphatic carbocycles. The Hall–Kier alpha value is -3.87. The molecule has 31 heavy (non-hydrogen) atoms. The zero-order chi connectivity index (χ0) is 21.6. The number of benzene rings is 3. The first-order valence-corrected chi connectivity index (χ1v) is 9.90. The predicted molar refractivity (Wildman–Crippen MR) is 114 cm³/mol. The lowest BCUT2D eigenvalue weighted by atomic mass is 10.0. The average Bonchev–Trinajstić information content (AvgIpc) is 2.80. The number of halogens is 1. The summed E-state index contributed by atoms with van der Waals surface area (Å²) in [6, 6.07) is 19.2. The van der Waals surface area contributed by atoms with Crippen molar-refractivity contribution in [2.75, 3.05) is 18.5 Å². The van der Waals surface area contributed by atoms with Crippen molar-refractivity contribution in [1.82, 2.24) is 5.32 Å². The van der Waals surface area contributed by atoms with Gasteiger partial charge in [-0.05, 0) is 29.8 Å². The molecule has 6 nitrogen and oxygen atoms in total. The Morgan fingerprint density at radius 3 is 2.45 bits per heavy atom. The second kappa shape index (κ2) is 9.30. The molecule has 1 atom stereocenters. The number of para-hydroxylation sites is 1. The topological polar surface area (TPSA) is 76.7 Å². The first-order valence-electron chi connectivity index (χ1n) is 9.90. The minimum absolute atomic E-state index is 0.123. The number of anilines is 1. The van der Waals surface area contributed by atoms with Gasteiger partial charge >= 0.3 is 0 Å². The van der Waals surface area contributed by atoms with Crippen LogP contribution in [0.2, 0.25) is 0 Å². The minimum Gasteiger partial charge on any atom is -0.486 e. The van der Waals surface area contributed by atoms with Crippen molar-refractivity contribution in [3.8, 4) is 11.5 Å². The summed E-state index contributed by atoms with van der Waals surface area (Å²) in [5.41, 5.74) is 1.17. The van der Waals surface area contributed by atoms with Crippen LogP contribution in [-0.4, -0.2) is 31.1 Å². The standard InChI is InChI=1S/C24H21FN2O4/c25-18-10-5-4-9-17(18)23(28)27-20(15-16-7-2-1-3-8-16)24(29)26-19-11-6-12-21-22(19)31-14-13-30-21/h1-12,20H,13-15H2,(H,26,29)(H,27,28). The van der Waals surface area contributed by atoms with E-state index in [1.165, 1.54) is 18.2 Å². The highest BCUT2D eigenvalue weighted by molar-refractivity contribution is 6.02. The largest absolute Gasteiger partial charge is 0.486 e. The summed E-state index contributed by atoms with van der Waals surface area (Å²) in [6.45, 7) is 0.803. The Morgan fingerprint density at radius 1 is 0.903 bits per heavy atom. The van der Waals surface area contributed by atoms with Gasteiger partial charge in [0, 0.05) is 6.42 Å². The molecule has 158 valence electrons. The smallest absolute Gasteiger partial charge is 0.254 e. The van der Waals surface area contributed by atoms with E-state index in [-0.39, 0.29) is 12.0 Å². The third-order valence-electron chi connectivity index (χ3n) is 4.85. The molecule has 3 aromatic carbocycles. The summed E-state index contributed by atoms with van der Waals surface area (Å²) in [4.78, 5) is 25.8. The second-order valence-corrected chi connectivity index (χ2v) is 7.01. The molecule has 0 fully saturated rings. The van der Waals surface area contributed by atoms with Crippen molar-refractivity contribution in [2.45, 2.75) is 12.5 Å². The number of carbonyl (C=O) groups excluding carboxylic acids is 2. The van der Waals surface area contributed by atoms with E-state index >= 15 is 0 Å². The van der Waals surface area contributed by atoms with Gasteiger partial charge in [0.15, 0.2) is 11.5 Å². The van der Waals surface area contributed by atoms with Crippen molar-refractivity contribution in [1.29, 1.82) is 0 Å². The lowest BCUT2D eigenvalue weighted by Gasteiger charge is -2.23. The number of nitrogens with one attached hydrogen (secondary N) is 2. The third kappa shape index (κ3) is 4.83. The number of fused-ring (bicyclic) bond motifs is 1. The van der Waals surface area contributed by atoms with Crippen LogP contribution in [0.25, 0.3) is 0 Å². The lowest BCUT2D eigenvalue weighted by molar-refractivity contribution is -0.118. The number of rotatable bonds is 6. The molecule has 2 amide bonds. The first-order chi connectivity index (χ1) is 15.1. The van der Waals surface area contributed by atoms with Crippen LogP contribution < -0.4 is 20.1 Å². The summed E-state index contributed by atoms with van der Waals surface area (Å²) < 4.78 is 25.3. The van der Waals surface area contributed by atoms with Crippen molar-refractivity contribution in [2.24, 2.45) is 0 Å². The molecule has 4 rings (SSSR count). The van der Waals surface area contributed by atoms with Crippen molar-refractivity contribution >= 4 is 17.5 Å². The predicted octanol–water partition coefficient (Wildman–Crippen LogP) is 3.58. The number of hydrogen-bond acceptors (Lipinski definition) is 4. The van der Waals surface area contributed by atoms with E-state index in [2.05, 4.69) is 10.6 Å². The summed E-state index contributed by atoms with van der Waals surface area (Å²) in [6.07, 6.45) is 0.235. The van der Waals surface area contributed by atoms with Gasteiger partial charge in [-0.2, -0.15) is 0 Å². The molecule has 0 saturated carbocycles. The Bertz CT molecular complexity index is 1090. The molecule has 0 radical (unpaired) electrons. The first kappa shape index (κ1) is 20.4. The van der Waals surface area contributed by atoms with Crippen LogP contribution in [0.3, 0.4) is 0 Å². The Balaban J connectivity index is 1.57. The van der Waals surface area contributed by atoms with Crippen LogP contribution in [0.5, 0.6) is 11.5 Å². The van der Waals surface area contributed by atoms with E-state index in [0.29, 0.717) is 30.4 Å². The molecule has 0 bridgehead atoms. The monoisotopic (exact) mass is 420 g/mol. The molecule has 1 unspecified atom stereocenters. The Morgan fingerprint density at radius 2 is 1.65 bits per heavy atom. The lowest BCUT2D eigenvalue weighted by Crippen LogP contribution is -2.45. The van der Waals surface area contributed by atoms with E-state index in [9.17, 15) is 14.0 Å². The Labute approximate surface area is 179 Å². The average molecular weight is 420 g/mol. The van der Waals surface area contributed by atoms with E-state index in [0.717, 1.165) is 5.56 Å². The van der Waals surface area contributed by atoms with E-state index in [1.54, 1.807) is 24.3 Å². The van der Waals surface area contributed by atoms with Gasteiger partial charge in [-0.3, -0.25) is 9.59 Å².